The van der Waals surface area contributed by atoms with E-state index in [2.05, 4.69) is 9.98 Å². The molecule has 0 saturated carbocycles. The van der Waals surface area contributed by atoms with Crippen molar-refractivity contribution in [3.63, 3.8) is 0 Å². The predicted molar refractivity (Wildman–Crippen MR) is 128 cm³/mol. The minimum atomic E-state index is -0.545. The molecule has 1 aliphatic heterocycles. The molecule has 1 N–H and O–H groups in total. The molecule has 0 amide bonds. The van der Waals surface area contributed by atoms with E-state index in [1.807, 2.05) is 54.8 Å². The van der Waals surface area contributed by atoms with Gasteiger partial charge in [0.15, 0.2) is 4.80 Å². The van der Waals surface area contributed by atoms with Crippen molar-refractivity contribution in [3.8, 4) is 0 Å². The van der Waals surface area contributed by atoms with Crippen molar-refractivity contribution in [1.29, 1.82) is 0 Å². The first-order valence-electron chi connectivity index (χ1n) is 10.3. The summed E-state index contributed by atoms with van der Waals surface area (Å²) in [6.07, 6.45) is 1.92. The average molecular weight is 464 g/mol. The molecular formula is C24H21N3O3S2. The molecule has 0 aliphatic carbocycles. The van der Waals surface area contributed by atoms with E-state index >= 15 is 0 Å². The van der Waals surface area contributed by atoms with Crippen LogP contribution in [0.15, 0.2) is 62.8 Å². The number of rotatable bonds is 4. The third kappa shape index (κ3) is 3.27. The number of benzene rings is 1. The van der Waals surface area contributed by atoms with Crippen molar-refractivity contribution in [3.05, 3.63) is 88.9 Å². The van der Waals surface area contributed by atoms with Gasteiger partial charge in [0.05, 0.1) is 22.4 Å². The number of aromatic amines is 1. The lowest BCUT2D eigenvalue weighted by Gasteiger charge is -2.23. The van der Waals surface area contributed by atoms with Gasteiger partial charge in [-0.1, -0.05) is 35.6 Å². The number of H-pyrrole nitrogens is 1. The third-order valence-corrected chi connectivity index (χ3v) is 7.46. The van der Waals surface area contributed by atoms with Crippen LogP contribution < -0.4 is 14.9 Å². The highest BCUT2D eigenvalue weighted by Crippen LogP contribution is 2.33. The number of nitrogens with zero attached hydrogens (tertiary/aromatic N) is 2. The number of nitrogens with one attached hydrogen (secondary N) is 1. The molecule has 1 aliphatic rings. The van der Waals surface area contributed by atoms with Gasteiger partial charge in [-0.3, -0.25) is 9.36 Å². The summed E-state index contributed by atoms with van der Waals surface area (Å²) in [4.78, 5) is 35.9. The molecule has 1 atom stereocenters. The summed E-state index contributed by atoms with van der Waals surface area (Å²) in [5, 5.41) is 3.01. The molecule has 3 aromatic heterocycles. The minimum absolute atomic E-state index is 0.161. The number of fused-ring (bicyclic) bond motifs is 2. The van der Waals surface area contributed by atoms with Gasteiger partial charge in [-0.15, -0.1) is 11.3 Å². The fourth-order valence-corrected chi connectivity index (χ4v) is 5.97. The molecule has 162 valence electrons. The summed E-state index contributed by atoms with van der Waals surface area (Å²) < 4.78 is 7.53. The zero-order valence-corrected chi connectivity index (χ0v) is 19.5. The normalized spacial score (nSPS) is 16.3. The maximum absolute atomic E-state index is 13.6. The Morgan fingerprint density at radius 3 is 2.81 bits per heavy atom. The second-order valence-electron chi connectivity index (χ2n) is 7.53. The quantitative estimate of drug-likeness (QED) is 0.470. The molecular weight excluding hydrogens is 442 g/mol. The number of ether oxygens (including phenoxy) is 1. The molecule has 0 radical (unpaired) electrons. The summed E-state index contributed by atoms with van der Waals surface area (Å²) in [5.41, 5.74) is 3.84. The molecule has 6 nitrogen and oxygen atoms in total. The maximum Gasteiger partial charge on any atom is 0.338 e. The number of allylic oxidation sites excluding steroid dienone is 1. The second kappa shape index (κ2) is 8.03. The van der Waals surface area contributed by atoms with E-state index in [1.165, 1.54) is 22.7 Å². The highest BCUT2D eigenvalue weighted by Gasteiger charge is 2.33. The molecule has 32 heavy (non-hydrogen) atoms. The summed E-state index contributed by atoms with van der Waals surface area (Å²) in [6, 6.07) is 11.3. The van der Waals surface area contributed by atoms with Gasteiger partial charge in [0, 0.05) is 27.0 Å². The Morgan fingerprint density at radius 2 is 2.06 bits per heavy atom. The van der Waals surface area contributed by atoms with Crippen molar-refractivity contribution in [2.75, 3.05) is 6.61 Å². The Labute approximate surface area is 191 Å². The van der Waals surface area contributed by atoms with Crippen LogP contribution in [0.1, 0.15) is 36.0 Å². The predicted octanol–water partition coefficient (Wildman–Crippen LogP) is 3.65. The lowest BCUT2D eigenvalue weighted by Crippen LogP contribution is -2.39. The first-order chi connectivity index (χ1) is 15.5. The SMILES string of the molecule is CCOC(=O)C1=C(C)N=c2s/c(=C\c3c(C)[nH]c4ccccc34)c(=O)n2[C@@H]1c1cccs1. The van der Waals surface area contributed by atoms with E-state index in [0.717, 1.165) is 27.0 Å². The van der Waals surface area contributed by atoms with Crippen molar-refractivity contribution >= 4 is 45.6 Å². The fraction of sp³-hybridized carbons (Fsp3) is 0.208. The third-order valence-electron chi connectivity index (χ3n) is 5.55. The first-order valence-corrected chi connectivity index (χ1v) is 12.0. The van der Waals surface area contributed by atoms with Crippen molar-refractivity contribution in [1.82, 2.24) is 9.55 Å². The van der Waals surface area contributed by atoms with E-state index < -0.39 is 12.0 Å². The number of carbonyl (C=O) groups excluding carboxylic acids is 1. The van der Waals surface area contributed by atoms with Crippen molar-refractivity contribution in [2.24, 2.45) is 4.99 Å². The number of hydrogen-bond acceptors (Lipinski definition) is 6. The Balaban J connectivity index is 1.75. The van der Waals surface area contributed by atoms with Crippen LogP contribution in [-0.4, -0.2) is 22.1 Å². The van der Waals surface area contributed by atoms with Crippen LogP contribution >= 0.6 is 22.7 Å². The van der Waals surface area contributed by atoms with Gasteiger partial charge in [-0.25, -0.2) is 9.79 Å². The van der Waals surface area contributed by atoms with Crippen LogP contribution in [-0.2, 0) is 9.53 Å². The highest BCUT2D eigenvalue weighted by molar-refractivity contribution is 7.10. The van der Waals surface area contributed by atoms with Crippen molar-refractivity contribution in [2.45, 2.75) is 26.8 Å². The molecule has 0 fully saturated rings. The molecule has 0 bridgehead atoms. The van der Waals surface area contributed by atoms with Gasteiger partial charge in [0.1, 0.15) is 6.04 Å². The largest absolute Gasteiger partial charge is 0.463 e. The summed E-state index contributed by atoms with van der Waals surface area (Å²) in [7, 11) is 0. The molecule has 4 heterocycles. The standard InChI is InChI=1S/C24H21N3O3S2/c1-4-30-23(29)20-14(3)26-24-27(21(20)18-10-7-11-31-18)22(28)19(32-24)12-16-13(2)25-17-9-6-5-8-15(16)17/h5-12,21,25H,4H2,1-3H3/b19-12-/t21-/m1/s1. The van der Waals surface area contributed by atoms with Gasteiger partial charge < -0.3 is 9.72 Å². The average Bonchev–Trinajstić information content (AvgIpc) is 3.47. The zero-order chi connectivity index (χ0) is 22.4. The van der Waals surface area contributed by atoms with E-state index in [4.69, 9.17) is 4.74 Å². The first kappa shape index (κ1) is 20.7. The number of aryl methyl sites for hydroxylation is 1. The van der Waals surface area contributed by atoms with Gasteiger partial charge in [0.25, 0.3) is 5.56 Å². The Bertz CT molecular complexity index is 1550. The Hall–Kier alpha value is -3.23. The summed E-state index contributed by atoms with van der Waals surface area (Å²) in [5.74, 6) is -0.436. The molecule has 0 unspecified atom stereocenters. The van der Waals surface area contributed by atoms with Gasteiger partial charge in [-0.05, 0) is 44.4 Å². The number of carbonyl (C=O) groups is 1. The monoisotopic (exact) mass is 463 g/mol. The van der Waals surface area contributed by atoms with Crippen LogP contribution in [0.3, 0.4) is 0 Å². The lowest BCUT2D eigenvalue weighted by atomic mass is 10.0. The molecule has 0 saturated heterocycles. The fourth-order valence-electron chi connectivity index (χ4n) is 4.12. The summed E-state index contributed by atoms with van der Waals surface area (Å²) >= 11 is 2.85. The smallest absolute Gasteiger partial charge is 0.338 e. The molecule has 4 aromatic rings. The minimum Gasteiger partial charge on any atom is -0.463 e. The van der Waals surface area contributed by atoms with E-state index in [1.54, 1.807) is 18.4 Å². The molecule has 8 heteroatoms. The number of thiophene rings is 1. The molecule has 5 rings (SSSR count). The number of para-hydroxylation sites is 1. The van der Waals surface area contributed by atoms with E-state index in [-0.39, 0.29) is 12.2 Å². The number of aromatic nitrogens is 2. The summed E-state index contributed by atoms with van der Waals surface area (Å²) in [6.45, 7) is 5.83. The zero-order valence-electron chi connectivity index (χ0n) is 17.8. The number of hydrogen-bond donors (Lipinski definition) is 1. The molecule has 1 aromatic carbocycles. The van der Waals surface area contributed by atoms with E-state index in [9.17, 15) is 9.59 Å². The maximum atomic E-state index is 13.6. The highest BCUT2D eigenvalue weighted by atomic mass is 32.1. The van der Waals surface area contributed by atoms with Gasteiger partial charge in [0.2, 0.25) is 0 Å². The van der Waals surface area contributed by atoms with Crippen LogP contribution in [0.25, 0.3) is 17.0 Å². The Morgan fingerprint density at radius 1 is 1.25 bits per heavy atom. The topological polar surface area (TPSA) is 76.4 Å². The van der Waals surface area contributed by atoms with E-state index in [0.29, 0.717) is 20.6 Å². The number of esters is 1. The van der Waals surface area contributed by atoms with Crippen LogP contribution in [0.5, 0.6) is 0 Å². The van der Waals surface area contributed by atoms with Crippen LogP contribution in [0.4, 0.5) is 0 Å². The lowest BCUT2D eigenvalue weighted by molar-refractivity contribution is -0.139. The van der Waals surface area contributed by atoms with Gasteiger partial charge >= 0.3 is 5.97 Å². The Kier molecular flexibility index (Phi) is 5.19. The van der Waals surface area contributed by atoms with Gasteiger partial charge in [-0.2, -0.15) is 0 Å². The van der Waals surface area contributed by atoms with Crippen molar-refractivity contribution < 1.29 is 9.53 Å². The van der Waals surface area contributed by atoms with Crippen LogP contribution in [0, 0.1) is 6.92 Å². The number of thiazole rings is 1. The molecule has 0 spiro atoms. The van der Waals surface area contributed by atoms with Crippen LogP contribution in [0.2, 0.25) is 0 Å². The second-order valence-corrected chi connectivity index (χ2v) is 9.52.